The molecule has 1 fully saturated rings. The highest BCUT2D eigenvalue weighted by Crippen LogP contribution is 2.37. The van der Waals surface area contributed by atoms with Gasteiger partial charge in [0.15, 0.2) is 5.11 Å². The number of rotatable bonds is 7. The number of anilines is 1. The molecule has 0 bridgehead atoms. The van der Waals surface area contributed by atoms with Gasteiger partial charge in [0.05, 0.1) is 23.7 Å². The molecule has 206 valence electrons. The predicted molar refractivity (Wildman–Crippen MR) is 170 cm³/mol. The minimum Gasteiger partial charge on any atom is -0.494 e. The molecule has 4 aromatic carbocycles. The van der Waals surface area contributed by atoms with Crippen LogP contribution in [-0.2, 0) is 9.59 Å². The Morgan fingerprint density at radius 1 is 0.762 bits per heavy atom. The fraction of sp³-hybridized carbons (Fsp3) is 0.0571. The van der Waals surface area contributed by atoms with Gasteiger partial charge in [0.1, 0.15) is 11.3 Å². The van der Waals surface area contributed by atoms with Crippen molar-refractivity contribution in [2.45, 2.75) is 6.92 Å². The minimum atomic E-state index is -0.542. The summed E-state index contributed by atoms with van der Waals surface area (Å²) in [4.78, 5) is 28.5. The predicted octanol–water partition coefficient (Wildman–Crippen LogP) is 7.04. The molecule has 1 aliphatic heterocycles. The number of benzene rings is 4. The Morgan fingerprint density at radius 2 is 1.36 bits per heavy atom. The molecule has 0 unspecified atom stereocenters. The lowest BCUT2D eigenvalue weighted by atomic mass is 10.0. The number of carbonyl (C=O) groups excluding carboxylic acids is 2. The quantitative estimate of drug-likeness (QED) is 0.130. The molecule has 0 aliphatic carbocycles. The first-order valence-corrected chi connectivity index (χ1v) is 14.0. The average molecular weight is 570 g/mol. The number of aromatic nitrogens is 1. The fourth-order valence-corrected chi connectivity index (χ4v) is 5.38. The van der Waals surface area contributed by atoms with Crippen molar-refractivity contribution in [2.24, 2.45) is 0 Å². The molecular weight excluding hydrogens is 542 g/mol. The number of hydrogen-bond donors (Lipinski definition) is 1. The summed E-state index contributed by atoms with van der Waals surface area (Å²) < 4.78 is 7.70. The van der Waals surface area contributed by atoms with Crippen molar-refractivity contribution < 1.29 is 14.3 Å². The molecule has 0 spiro atoms. The van der Waals surface area contributed by atoms with Crippen LogP contribution in [0.15, 0.2) is 127 Å². The molecule has 0 saturated carbocycles. The van der Waals surface area contributed by atoms with Gasteiger partial charge in [0.2, 0.25) is 0 Å². The number of para-hydroxylation sites is 1. The highest BCUT2D eigenvalue weighted by molar-refractivity contribution is 7.80. The van der Waals surface area contributed by atoms with E-state index in [0.717, 1.165) is 33.8 Å². The van der Waals surface area contributed by atoms with Crippen LogP contribution in [0.3, 0.4) is 0 Å². The molecular formula is C35H27N3O3S. The number of thiocarbonyl (C=S) groups is 1. The Morgan fingerprint density at radius 3 is 1.98 bits per heavy atom. The molecule has 1 saturated heterocycles. The first kappa shape index (κ1) is 26.9. The Labute approximate surface area is 249 Å². The van der Waals surface area contributed by atoms with Crippen molar-refractivity contribution in [3.63, 3.8) is 0 Å². The van der Waals surface area contributed by atoms with E-state index < -0.39 is 11.8 Å². The summed E-state index contributed by atoms with van der Waals surface area (Å²) >= 11 is 5.43. The third-order valence-corrected chi connectivity index (χ3v) is 7.25. The summed E-state index contributed by atoms with van der Waals surface area (Å²) in [6.07, 6.45) is 1.66. The van der Waals surface area contributed by atoms with E-state index >= 15 is 0 Å². The molecule has 0 atom stereocenters. The maximum atomic E-state index is 13.9. The van der Waals surface area contributed by atoms with Crippen molar-refractivity contribution in [3.8, 4) is 34.0 Å². The summed E-state index contributed by atoms with van der Waals surface area (Å²) in [5.41, 5.74) is 5.93. The van der Waals surface area contributed by atoms with Crippen molar-refractivity contribution >= 4 is 40.9 Å². The number of nitrogens with zero attached hydrogens (tertiary/aromatic N) is 2. The Balaban J connectivity index is 1.54. The lowest BCUT2D eigenvalue weighted by Crippen LogP contribution is -2.54. The van der Waals surface area contributed by atoms with Crippen LogP contribution in [0, 0.1) is 0 Å². The van der Waals surface area contributed by atoms with Crippen molar-refractivity contribution in [3.05, 3.63) is 132 Å². The van der Waals surface area contributed by atoms with Gasteiger partial charge in [-0.1, -0.05) is 78.9 Å². The Kier molecular flexibility index (Phi) is 7.49. The molecule has 2 heterocycles. The number of nitrogens with one attached hydrogen (secondary N) is 1. The monoisotopic (exact) mass is 569 g/mol. The summed E-state index contributed by atoms with van der Waals surface area (Å²) in [7, 11) is 0. The van der Waals surface area contributed by atoms with Gasteiger partial charge in [-0.25, -0.2) is 0 Å². The zero-order valence-corrected chi connectivity index (χ0v) is 23.7. The molecule has 6 rings (SSSR count). The van der Waals surface area contributed by atoms with Crippen LogP contribution in [0.25, 0.3) is 34.3 Å². The summed E-state index contributed by atoms with van der Waals surface area (Å²) in [5.74, 6) is -0.361. The van der Waals surface area contributed by atoms with Crippen molar-refractivity contribution in [2.75, 3.05) is 11.5 Å². The van der Waals surface area contributed by atoms with Gasteiger partial charge in [-0.05, 0) is 78.8 Å². The van der Waals surface area contributed by atoms with Crippen molar-refractivity contribution in [1.82, 2.24) is 9.88 Å². The first-order valence-electron chi connectivity index (χ1n) is 13.6. The maximum absolute atomic E-state index is 13.9. The first-order chi connectivity index (χ1) is 20.5. The normalized spacial score (nSPS) is 14.3. The fourth-order valence-electron chi connectivity index (χ4n) is 5.10. The van der Waals surface area contributed by atoms with Crippen LogP contribution in [0.1, 0.15) is 12.5 Å². The molecule has 1 aromatic heterocycles. The SMILES string of the molecule is CCOc1ccc(N2C(=O)/C(=C\c3cc(-c4ccccc4)n(-c4ccccc4)c3-c3ccccc3)C(=O)NC2=S)cc1. The highest BCUT2D eigenvalue weighted by atomic mass is 32.1. The zero-order valence-electron chi connectivity index (χ0n) is 22.9. The molecule has 7 heteroatoms. The number of ether oxygens (including phenoxy) is 1. The standard InChI is InChI=1S/C35H27N3O3S/c1-2-41-29-20-18-28(19-21-29)38-34(40)30(33(39)36-35(38)42)22-26-23-31(24-12-6-3-7-13-24)37(27-16-10-5-11-17-27)32(26)25-14-8-4-9-15-25/h3-23H,2H2,1H3,(H,36,39,42)/b30-22-. The van der Waals surface area contributed by atoms with Gasteiger partial charge in [-0.15, -0.1) is 0 Å². The third-order valence-electron chi connectivity index (χ3n) is 6.97. The Hall–Kier alpha value is -5.27. The van der Waals surface area contributed by atoms with Crippen LogP contribution in [-0.4, -0.2) is 28.1 Å². The van der Waals surface area contributed by atoms with E-state index in [1.165, 1.54) is 4.90 Å². The number of hydrogen-bond acceptors (Lipinski definition) is 4. The van der Waals surface area contributed by atoms with Gasteiger partial charge in [-0.2, -0.15) is 0 Å². The lowest BCUT2D eigenvalue weighted by Gasteiger charge is -2.29. The molecule has 42 heavy (non-hydrogen) atoms. The topological polar surface area (TPSA) is 63.6 Å². The summed E-state index contributed by atoms with van der Waals surface area (Å²) in [5, 5.41) is 2.73. The van der Waals surface area contributed by atoms with Crippen LogP contribution in [0.5, 0.6) is 5.75 Å². The third kappa shape index (κ3) is 5.13. The largest absolute Gasteiger partial charge is 0.494 e. The number of carbonyl (C=O) groups is 2. The molecule has 0 radical (unpaired) electrons. The second-order valence-corrected chi connectivity index (χ2v) is 10.0. The molecule has 1 N–H and O–H groups in total. The van der Waals surface area contributed by atoms with E-state index in [2.05, 4.69) is 9.88 Å². The second kappa shape index (κ2) is 11.7. The van der Waals surface area contributed by atoms with Gasteiger partial charge >= 0.3 is 0 Å². The second-order valence-electron chi connectivity index (χ2n) is 9.62. The van der Waals surface area contributed by atoms with Gasteiger partial charge < -0.3 is 9.30 Å². The summed E-state index contributed by atoms with van der Waals surface area (Å²) in [6.45, 7) is 2.43. The summed E-state index contributed by atoms with van der Waals surface area (Å²) in [6, 6.07) is 39.1. The van der Waals surface area contributed by atoms with Gasteiger partial charge in [0.25, 0.3) is 11.8 Å². The van der Waals surface area contributed by atoms with E-state index in [1.807, 2.05) is 104 Å². The average Bonchev–Trinajstić information content (AvgIpc) is 3.41. The van der Waals surface area contributed by atoms with Crippen LogP contribution in [0.2, 0.25) is 0 Å². The molecule has 5 aromatic rings. The maximum Gasteiger partial charge on any atom is 0.270 e. The minimum absolute atomic E-state index is 0.0144. The number of amides is 2. The van der Waals surface area contributed by atoms with Gasteiger partial charge in [-0.3, -0.25) is 19.8 Å². The van der Waals surface area contributed by atoms with Gasteiger partial charge in [0, 0.05) is 11.3 Å². The molecule has 2 amide bonds. The molecule has 1 aliphatic rings. The smallest absolute Gasteiger partial charge is 0.270 e. The van der Waals surface area contributed by atoms with E-state index in [4.69, 9.17) is 17.0 Å². The van der Waals surface area contributed by atoms with E-state index in [0.29, 0.717) is 18.0 Å². The van der Waals surface area contributed by atoms with Crippen LogP contribution >= 0.6 is 12.2 Å². The van der Waals surface area contributed by atoms with Crippen LogP contribution < -0.4 is 15.0 Å². The van der Waals surface area contributed by atoms with Crippen LogP contribution in [0.4, 0.5) is 5.69 Å². The highest BCUT2D eigenvalue weighted by Gasteiger charge is 2.35. The van der Waals surface area contributed by atoms with E-state index in [9.17, 15) is 9.59 Å². The van der Waals surface area contributed by atoms with E-state index in [-0.39, 0.29) is 10.7 Å². The lowest BCUT2D eigenvalue weighted by molar-refractivity contribution is -0.122. The van der Waals surface area contributed by atoms with E-state index in [1.54, 1.807) is 30.3 Å². The Bertz CT molecular complexity index is 1800. The van der Waals surface area contributed by atoms with Crippen molar-refractivity contribution in [1.29, 1.82) is 0 Å². The zero-order chi connectivity index (χ0) is 29.1. The molecule has 6 nitrogen and oxygen atoms in total.